The van der Waals surface area contributed by atoms with Gasteiger partial charge in [0.05, 0.1) is 6.26 Å². The van der Waals surface area contributed by atoms with Gasteiger partial charge in [-0.1, -0.05) is 18.2 Å². The van der Waals surface area contributed by atoms with E-state index in [-0.39, 0.29) is 11.9 Å². The molecule has 0 aliphatic rings. The lowest BCUT2D eigenvalue weighted by Crippen LogP contribution is -2.34. The molecule has 0 saturated carbocycles. The molecule has 0 fully saturated rings. The van der Waals surface area contributed by atoms with Crippen LogP contribution in [0, 0.1) is 0 Å². The largest absolute Gasteiger partial charge is 0.469 e. The summed E-state index contributed by atoms with van der Waals surface area (Å²) in [6.07, 6.45) is 2.91. The fourth-order valence-electron chi connectivity index (χ4n) is 1.91. The van der Waals surface area contributed by atoms with Gasteiger partial charge in [0, 0.05) is 29.5 Å². The minimum Gasteiger partial charge on any atom is -0.469 e. The molecule has 2 rings (SSSR count). The Kier molecular flexibility index (Phi) is 5.74. The molecule has 0 unspecified atom stereocenters. The molecular weight excluding hydrogens is 270 g/mol. The van der Waals surface area contributed by atoms with E-state index in [1.807, 2.05) is 37.3 Å². The molecule has 0 saturated heterocycles. The summed E-state index contributed by atoms with van der Waals surface area (Å²) in [7, 11) is 0. The smallest absolute Gasteiger partial charge is 0.221 e. The Morgan fingerprint density at radius 1 is 1.25 bits per heavy atom. The Morgan fingerprint density at radius 3 is 2.75 bits per heavy atom. The molecule has 2 aromatic rings. The highest BCUT2D eigenvalue weighted by Gasteiger charge is 2.09. The molecule has 1 amide bonds. The number of carbonyl (C=O) groups is 1. The van der Waals surface area contributed by atoms with Crippen LogP contribution in [0.25, 0.3) is 0 Å². The van der Waals surface area contributed by atoms with Crippen LogP contribution in [0.3, 0.4) is 0 Å². The van der Waals surface area contributed by atoms with E-state index >= 15 is 0 Å². The third-order valence-electron chi connectivity index (χ3n) is 2.84. The summed E-state index contributed by atoms with van der Waals surface area (Å²) < 4.78 is 5.27. The molecule has 0 radical (unpaired) electrons. The van der Waals surface area contributed by atoms with Crippen LogP contribution < -0.4 is 5.32 Å². The van der Waals surface area contributed by atoms with Crippen molar-refractivity contribution in [3.8, 4) is 0 Å². The Bertz CT molecular complexity index is 511. The summed E-state index contributed by atoms with van der Waals surface area (Å²) in [5, 5.41) is 2.99. The Morgan fingerprint density at radius 2 is 2.05 bits per heavy atom. The van der Waals surface area contributed by atoms with E-state index < -0.39 is 0 Å². The molecule has 1 heterocycles. The number of rotatable bonds is 7. The standard InChI is InChI=1S/C16H19NO2S/c1-13(12-14-6-5-10-19-14)17-16(18)9-11-20-15-7-3-2-4-8-15/h2-8,10,13H,9,11-12H2,1H3,(H,17,18)/t13-/m0/s1. The normalized spacial score (nSPS) is 12.1. The predicted molar refractivity (Wildman–Crippen MR) is 81.8 cm³/mol. The minimum absolute atomic E-state index is 0.0903. The summed E-state index contributed by atoms with van der Waals surface area (Å²) in [5.74, 6) is 1.78. The van der Waals surface area contributed by atoms with E-state index in [0.717, 1.165) is 17.9 Å². The van der Waals surface area contributed by atoms with Gasteiger partial charge in [0.1, 0.15) is 5.76 Å². The second-order valence-electron chi connectivity index (χ2n) is 4.66. The third-order valence-corrected chi connectivity index (χ3v) is 3.85. The zero-order valence-corrected chi connectivity index (χ0v) is 12.4. The average molecular weight is 289 g/mol. The van der Waals surface area contributed by atoms with Gasteiger partial charge in [-0.15, -0.1) is 11.8 Å². The number of hydrogen-bond donors (Lipinski definition) is 1. The fraction of sp³-hybridized carbons (Fsp3) is 0.312. The molecule has 1 aromatic carbocycles. The van der Waals surface area contributed by atoms with Crippen LogP contribution in [0.1, 0.15) is 19.1 Å². The van der Waals surface area contributed by atoms with Crippen molar-refractivity contribution < 1.29 is 9.21 Å². The highest BCUT2D eigenvalue weighted by Crippen LogP contribution is 2.17. The van der Waals surface area contributed by atoms with Crippen molar-refractivity contribution in [2.75, 3.05) is 5.75 Å². The maximum atomic E-state index is 11.8. The Balaban J connectivity index is 1.65. The summed E-state index contributed by atoms with van der Waals surface area (Å²) in [6, 6.07) is 14.0. The van der Waals surface area contributed by atoms with Crippen molar-refractivity contribution in [3.63, 3.8) is 0 Å². The second-order valence-corrected chi connectivity index (χ2v) is 5.83. The summed E-state index contributed by atoms with van der Waals surface area (Å²) >= 11 is 1.70. The molecule has 1 aromatic heterocycles. The molecule has 0 aliphatic carbocycles. The van der Waals surface area contributed by atoms with Crippen LogP contribution in [0.15, 0.2) is 58.0 Å². The maximum Gasteiger partial charge on any atom is 0.221 e. The van der Waals surface area contributed by atoms with Gasteiger partial charge in [-0.25, -0.2) is 0 Å². The number of amides is 1. The van der Waals surface area contributed by atoms with Gasteiger partial charge in [-0.2, -0.15) is 0 Å². The fourth-order valence-corrected chi connectivity index (χ4v) is 2.78. The zero-order valence-electron chi connectivity index (χ0n) is 11.5. The highest BCUT2D eigenvalue weighted by atomic mass is 32.2. The van der Waals surface area contributed by atoms with E-state index in [1.54, 1.807) is 18.0 Å². The van der Waals surface area contributed by atoms with E-state index in [1.165, 1.54) is 4.90 Å². The molecule has 0 aliphatic heterocycles. The van der Waals surface area contributed by atoms with Gasteiger partial charge < -0.3 is 9.73 Å². The molecule has 4 heteroatoms. The average Bonchev–Trinajstić information content (AvgIpc) is 2.92. The van der Waals surface area contributed by atoms with Crippen molar-refractivity contribution in [1.29, 1.82) is 0 Å². The van der Waals surface area contributed by atoms with E-state index in [0.29, 0.717) is 6.42 Å². The first-order valence-electron chi connectivity index (χ1n) is 6.73. The number of furan rings is 1. The topological polar surface area (TPSA) is 42.2 Å². The summed E-state index contributed by atoms with van der Waals surface area (Å²) in [5.41, 5.74) is 0. The number of hydrogen-bond acceptors (Lipinski definition) is 3. The van der Waals surface area contributed by atoms with Gasteiger partial charge >= 0.3 is 0 Å². The van der Waals surface area contributed by atoms with Crippen LogP contribution in [0.5, 0.6) is 0 Å². The number of carbonyl (C=O) groups excluding carboxylic acids is 1. The molecule has 106 valence electrons. The molecular formula is C16H19NO2S. The molecule has 3 nitrogen and oxygen atoms in total. The van der Waals surface area contributed by atoms with Crippen LogP contribution in [-0.4, -0.2) is 17.7 Å². The molecule has 1 atom stereocenters. The van der Waals surface area contributed by atoms with Gasteiger partial charge in [-0.3, -0.25) is 4.79 Å². The van der Waals surface area contributed by atoms with Crippen molar-refractivity contribution >= 4 is 17.7 Å². The lowest BCUT2D eigenvalue weighted by Gasteiger charge is -2.12. The van der Waals surface area contributed by atoms with Crippen LogP contribution >= 0.6 is 11.8 Å². The first kappa shape index (κ1) is 14.7. The summed E-state index contributed by atoms with van der Waals surface area (Å²) in [4.78, 5) is 13.0. The second kappa shape index (κ2) is 7.80. The quantitative estimate of drug-likeness (QED) is 0.793. The molecule has 0 bridgehead atoms. The highest BCUT2D eigenvalue weighted by molar-refractivity contribution is 7.99. The lowest BCUT2D eigenvalue weighted by atomic mass is 10.2. The maximum absolute atomic E-state index is 11.8. The first-order valence-corrected chi connectivity index (χ1v) is 7.72. The lowest BCUT2D eigenvalue weighted by molar-refractivity contribution is -0.121. The predicted octanol–water partition coefficient (Wildman–Crippen LogP) is 3.51. The van der Waals surface area contributed by atoms with E-state index in [4.69, 9.17) is 4.42 Å². The van der Waals surface area contributed by atoms with Crippen LogP contribution in [-0.2, 0) is 11.2 Å². The number of benzene rings is 1. The van der Waals surface area contributed by atoms with Crippen LogP contribution in [0.2, 0.25) is 0 Å². The van der Waals surface area contributed by atoms with E-state index in [9.17, 15) is 4.79 Å². The minimum atomic E-state index is 0.0903. The van der Waals surface area contributed by atoms with Gasteiger partial charge in [0.2, 0.25) is 5.91 Å². The SMILES string of the molecule is C[C@@H](Cc1ccco1)NC(=O)CCSc1ccccc1. The molecule has 1 N–H and O–H groups in total. The van der Waals surface area contributed by atoms with Crippen molar-refractivity contribution in [3.05, 3.63) is 54.5 Å². The van der Waals surface area contributed by atoms with Gasteiger partial charge in [0.25, 0.3) is 0 Å². The first-order chi connectivity index (χ1) is 9.74. The van der Waals surface area contributed by atoms with Gasteiger partial charge in [-0.05, 0) is 31.2 Å². The molecule has 20 heavy (non-hydrogen) atoms. The van der Waals surface area contributed by atoms with Crippen LogP contribution in [0.4, 0.5) is 0 Å². The van der Waals surface area contributed by atoms with E-state index in [2.05, 4.69) is 17.4 Å². The van der Waals surface area contributed by atoms with Crippen molar-refractivity contribution in [2.45, 2.75) is 30.7 Å². The number of thioether (sulfide) groups is 1. The number of nitrogens with one attached hydrogen (secondary N) is 1. The molecule has 0 spiro atoms. The van der Waals surface area contributed by atoms with Crippen molar-refractivity contribution in [2.24, 2.45) is 0 Å². The zero-order chi connectivity index (χ0) is 14.2. The Hall–Kier alpha value is -1.68. The monoisotopic (exact) mass is 289 g/mol. The summed E-state index contributed by atoms with van der Waals surface area (Å²) in [6.45, 7) is 1.99. The van der Waals surface area contributed by atoms with Gasteiger partial charge in [0.15, 0.2) is 0 Å². The van der Waals surface area contributed by atoms with Crippen molar-refractivity contribution in [1.82, 2.24) is 5.32 Å². The third kappa shape index (κ3) is 5.13. The Labute approximate surface area is 123 Å².